The molecule has 0 saturated heterocycles. The minimum absolute atomic E-state index is 0.0357. The highest BCUT2D eigenvalue weighted by Crippen LogP contribution is 2.28. The van der Waals surface area contributed by atoms with E-state index in [0.29, 0.717) is 19.4 Å². The van der Waals surface area contributed by atoms with Crippen LogP contribution in [0.5, 0.6) is 0 Å². The van der Waals surface area contributed by atoms with Gasteiger partial charge in [-0.2, -0.15) is 0 Å². The van der Waals surface area contributed by atoms with Gasteiger partial charge in [-0.1, -0.05) is 30.3 Å². The van der Waals surface area contributed by atoms with E-state index in [9.17, 15) is 14.8 Å². The van der Waals surface area contributed by atoms with Gasteiger partial charge in [0.1, 0.15) is 6.79 Å². The second-order valence-electron chi connectivity index (χ2n) is 7.73. The zero-order valence-electron chi connectivity index (χ0n) is 17.5. The Morgan fingerprint density at radius 1 is 1.17 bits per heavy atom. The van der Waals surface area contributed by atoms with Crippen LogP contribution in [-0.2, 0) is 25.5 Å². The van der Waals surface area contributed by atoms with Crippen molar-refractivity contribution in [2.24, 2.45) is 11.8 Å². The van der Waals surface area contributed by atoms with Gasteiger partial charge in [-0.15, -0.1) is 11.6 Å². The number of carbonyl (C=O) groups is 2. The fourth-order valence-electron chi connectivity index (χ4n) is 3.75. The molecule has 1 aromatic rings. The molecule has 2 amide bonds. The van der Waals surface area contributed by atoms with E-state index in [2.05, 4.69) is 5.32 Å². The maximum absolute atomic E-state index is 12.8. The fourth-order valence-corrected chi connectivity index (χ4v) is 4.00. The lowest BCUT2D eigenvalue weighted by molar-refractivity contribution is -0.135. The van der Waals surface area contributed by atoms with Crippen LogP contribution in [0.2, 0.25) is 0 Å². The number of hydroxylamine groups is 1. The first-order valence-electron chi connectivity index (χ1n) is 10.6. The molecule has 0 aliphatic heterocycles. The van der Waals surface area contributed by atoms with E-state index in [1.54, 1.807) is 5.48 Å². The Morgan fingerprint density at radius 3 is 2.50 bits per heavy atom. The molecule has 1 saturated carbocycles. The molecule has 7 nitrogen and oxygen atoms in total. The Morgan fingerprint density at radius 2 is 1.87 bits per heavy atom. The van der Waals surface area contributed by atoms with Gasteiger partial charge in [-0.25, -0.2) is 5.48 Å². The first kappa shape index (κ1) is 24.6. The maximum atomic E-state index is 12.8. The first-order valence-corrected chi connectivity index (χ1v) is 11.0. The van der Waals surface area contributed by atoms with E-state index in [1.807, 2.05) is 37.3 Å². The summed E-state index contributed by atoms with van der Waals surface area (Å²) in [5.41, 5.74) is 2.74. The standard InChI is InChI=1S/C22H33ClN2O5/c1-2-29-15-30-14-20(24-21(26)17-8-10-19(23)11-9-17)13-18(22(27)25-28)12-16-6-4-3-5-7-16/h3-7,17-20,28H,2,8-15H2,1H3,(H,24,26)(H,25,27). The number of alkyl halides is 1. The van der Waals surface area contributed by atoms with Crippen LogP contribution in [-0.4, -0.2) is 48.4 Å². The Labute approximate surface area is 183 Å². The van der Waals surface area contributed by atoms with Crippen LogP contribution in [0.4, 0.5) is 0 Å². The zero-order chi connectivity index (χ0) is 21.8. The first-order chi connectivity index (χ1) is 14.5. The summed E-state index contributed by atoms with van der Waals surface area (Å²) in [4.78, 5) is 25.1. The van der Waals surface area contributed by atoms with Crippen molar-refractivity contribution in [3.05, 3.63) is 35.9 Å². The lowest BCUT2D eigenvalue weighted by Crippen LogP contribution is -2.45. The number of hydrogen-bond acceptors (Lipinski definition) is 5. The quantitative estimate of drug-likeness (QED) is 0.153. The van der Waals surface area contributed by atoms with E-state index in [-0.39, 0.29) is 36.6 Å². The molecule has 0 bridgehead atoms. The molecule has 0 aromatic heterocycles. The van der Waals surface area contributed by atoms with Crippen molar-refractivity contribution in [3.63, 3.8) is 0 Å². The largest absolute Gasteiger partial charge is 0.356 e. The molecule has 3 N–H and O–H groups in total. The van der Waals surface area contributed by atoms with Gasteiger partial charge >= 0.3 is 0 Å². The highest BCUT2D eigenvalue weighted by Gasteiger charge is 2.29. The van der Waals surface area contributed by atoms with Crippen LogP contribution < -0.4 is 10.8 Å². The molecular weight excluding hydrogens is 408 g/mol. The van der Waals surface area contributed by atoms with Gasteiger partial charge in [0.2, 0.25) is 11.8 Å². The number of amides is 2. The van der Waals surface area contributed by atoms with Crippen molar-refractivity contribution >= 4 is 23.4 Å². The molecule has 1 aliphatic rings. The number of rotatable bonds is 12. The SMILES string of the molecule is CCOCOCC(CC(Cc1ccccc1)C(=O)NO)NC(=O)C1CCC(Cl)CC1. The number of ether oxygens (including phenoxy) is 2. The Hall–Kier alpha value is -1.67. The normalized spacial score (nSPS) is 20.9. The maximum Gasteiger partial charge on any atom is 0.246 e. The molecule has 168 valence electrons. The van der Waals surface area contributed by atoms with E-state index >= 15 is 0 Å². The predicted octanol–water partition coefficient (Wildman–Crippen LogP) is 3.03. The number of halogens is 1. The van der Waals surface area contributed by atoms with Crippen LogP contribution in [0.3, 0.4) is 0 Å². The molecule has 0 spiro atoms. The lowest BCUT2D eigenvalue weighted by Gasteiger charge is -2.28. The van der Waals surface area contributed by atoms with Gasteiger partial charge in [0.15, 0.2) is 0 Å². The Bertz CT molecular complexity index is 638. The van der Waals surface area contributed by atoms with Gasteiger partial charge in [-0.3, -0.25) is 14.8 Å². The molecule has 30 heavy (non-hydrogen) atoms. The zero-order valence-corrected chi connectivity index (χ0v) is 18.3. The van der Waals surface area contributed by atoms with Crippen molar-refractivity contribution in [1.82, 2.24) is 10.8 Å². The van der Waals surface area contributed by atoms with Crippen LogP contribution in [0.1, 0.15) is 44.6 Å². The Balaban J connectivity index is 2.02. The molecule has 0 heterocycles. The Kier molecular flexibility index (Phi) is 11.1. The third kappa shape index (κ3) is 8.60. The van der Waals surface area contributed by atoms with Crippen molar-refractivity contribution in [3.8, 4) is 0 Å². The minimum atomic E-state index is -0.517. The van der Waals surface area contributed by atoms with Gasteiger partial charge < -0.3 is 14.8 Å². The number of benzene rings is 1. The summed E-state index contributed by atoms with van der Waals surface area (Å²) >= 11 is 6.15. The van der Waals surface area contributed by atoms with Crippen molar-refractivity contribution in [2.45, 2.75) is 56.9 Å². The van der Waals surface area contributed by atoms with Crippen molar-refractivity contribution in [2.75, 3.05) is 20.0 Å². The lowest BCUT2D eigenvalue weighted by atomic mass is 9.87. The third-order valence-electron chi connectivity index (χ3n) is 5.44. The van der Waals surface area contributed by atoms with Crippen molar-refractivity contribution < 1.29 is 24.3 Å². The second kappa shape index (κ2) is 13.6. The van der Waals surface area contributed by atoms with E-state index in [4.69, 9.17) is 21.1 Å². The molecule has 1 aliphatic carbocycles. The molecule has 2 atom stereocenters. The number of hydrogen-bond donors (Lipinski definition) is 3. The second-order valence-corrected chi connectivity index (χ2v) is 8.35. The van der Waals surface area contributed by atoms with E-state index < -0.39 is 11.8 Å². The average molecular weight is 441 g/mol. The van der Waals surface area contributed by atoms with Crippen LogP contribution in [0.25, 0.3) is 0 Å². The molecule has 1 fully saturated rings. The summed E-state index contributed by atoms with van der Waals surface area (Å²) in [6, 6.07) is 9.20. The molecule has 0 radical (unpaired) electrons. The average Bonchev–Trinajstić information content (AvgIpc) is 2.76. The monoisotopic (exact) mass is 440 g/mol. The van der Waals surface area contributed by atoms with E-state index in [1.165, 1.54) is 0 Å². The number of carbonyl (C=O) groups excluding carboxylic acids is 2. The summed E-state index contributed by atoms with van der Waals surface area (Å²) in [5, 5.41) is 12.4. The minimum Gasteiger partial charge on any atom is -0.356 e. The summed E-state index contributed by atoms with van der Waals surface area (Å²) in [6.45, 7) is 2.75. The molecule has 2 rings (SSSR count). The summed E-state index contributed by atoms with van der Waals surface area (Å²) in [5.74, 6) is -1.11. The summed E-state index contributed by atoms with van der Waals surface area (Å²) in [7, 11) is 0. The number of nitrogens with one attached hydrogen (secondary N) is 2. The topological polar surface area (TPSA) is 96.9 Å². The molecule has 1 aromatic carbocycles. The van der Waals surface area contributed by atoms with Crippen LogP contribution in [0.15, 0.2) is 30.3 Å². The third-order valence-corrected chi connectivity index (χ3v) is 5.88. The van der Waals surface area contributed by atoms with Crippen LogP contribution in [0, 0.1) is 11.8 Å². The van der Waals surface area contributed by atoms with E-state index in [0.717, 1.165) is 31.2 Å². The predicted molar refractivity (Wildman–Crippen MR) is 114 cm³/mol. The van der Waals surface area contributed by atoms with Crippen LogP contribution >= 0.6 is 11.6 Å². The van der Waals surface area contributed by atoms with Gasteiger partial charge in [0, 0.05) is 23.8 Å². The molecule has 8 heteroatoms. The summed E-state index contributed by atoms with van der Waals surface area (Å²) in [6.07, 6.45) is 3.96. The van der Waals surface area contributed by atoms with Crippen molar-refractivity contribution in [1.29, 1.82) is 0 Å². The highest BCUT2D eigenvalue weighted by atomic mass is 35.5. The highest BCUT2D eigenvalue weighted by molar-refractivity contribution is 6.20. The molecule has 2 unspecified atom stereocenters. The smallest absolute Gasteiger partial charge is 0.246 e. The fraction of sp³-hybridized carbons (Fsp3) is 0.636. The molecular formula is C22H33ClN2O5. The van der Waals surface area contributed by atoms with Gasteiger partial charge in [-0.05, 0) is 51.0 Å². The summed E-state index contributed by atoms with van der Waals surface area (Å²) < 4.78 is 10.8. The van der Waals surface area contributed by atoms with Gasteiger partial charge in [0.05, 0.1) is 12.6 Å². The van der Waals surface area contributed by atoms with Gasteiger partial charge in [0.25, 0.3) is 0 Å².